The minimum Gasteiger partial charge on any atom is -0.461 e. The molecule has 2 aliphatic heterocycles. The van der Waals surface area contributed by atoms with Crippen LogP contribution < -0.4 is 14.5 Å². The van der Waals surface area contributed by atoms with Crippen molar-refractivity contribution >= 4 is 11.9 Å². The van der Waals surface area contributed by atoms with Gasteiger partial charge in [-0.1, -0.05) is 0 Å². The summed E-state index contributed by atoms with van der Waals surface area (Å²) in [5.74, 6) is 1.30. The Bertz CT molecular complexity index is 439. The fraction of sp³-hybridized carbons (Fsp3) is 0.786. The van der Waals surface area contributed by atoms with Gasteiger partial charge in [-0.3, -0.25) is 0 Å². The minimum atomic E-state index is -0.0579. The molecule has 3 heterocycles. The fourth-order valence-corrected chi connectivity index (χ4v) is 2.68. The first-order valence-electron chi connectivity index (χ1n) is 7.94. The lowest BCUT2D eigenvalue weighted by Gasteiger charge is -2.30. The van der Waals surface area contributed by atoms with Crippen LogP contribution in [-0.4, -0.2) is 72.7 Å². The first kappa shape index (κ1) is 15.2. The highest BCUT2D eigenvalue weighted by Gasteiger charge is 2.20. The van der Waals surface area contributed by atoms with E-state index in [0.717, 1.165) is 39.0 Å². The van der Waals surface area contributed by atoms with Crippen molar-refractivity contribution in [3.05, 3.63) is 0 Å². The highest BCUT2D eigenvalue weighted by atomic mass is 16.5. The van der Waals surface area contributed by atoms with Crippen molar-refractivity contribution in [1.82, 2.24) is 15.0 Å². The van der Waals surface area contributed by atoms with E-state index in [2.05, 4.69) is 24.8 Å². The van der Waals surface area contributed by atoms with Crippen LogP contribution in [0.1, 0.15) is 19.3 Å². The third-order valence-electron chi connectivity index (χ3n) is 3.85. The molecular weight excluding hydrogens is 286 g/mol. The Morgan fingerprint density at radius 1 is 0.909 bits per heavy atom. The molecule has 8 nitrogen and oxygen atoms in total. The molecule has 1 aromatic rings. The van der Waals surface area contributed by atoms with Gasteiger partial charge in [-0.05, 0) is 19.3 Å². The standard InChI is InChI=1S/C14H23N5O3/c20-8-11-22-14-16-12(18-4-2-1-3-5-18)15-13(17-14)19-6-9-21-10-7-19/h20H,1-11H2. The van der Waals surface area contributed by atoms with E-state index in [0.29, 0.717) is 25.1 Å². The van der Waals surface area contributed by atoms with Gasteiger partial charge >= 0.3 is 6.01 Å². The number of ether oxygens (including phenoxy) is 2. The summed E-state index contributed by atoms with van der Waals surface area (Å²) >= 11 is 0. The van der Waals surface area contributed by atoms with Gasteiger partial charge in [0.2, 0.25) is 11.9 Å². The summed E-state index contributed by atoms with van der Waals surface area (Å²) in [6.07, 6.45) is 3.57. The van der Waals surface area contributed by atoms with E-state index in [9.17, 15) is 0 Å². The first-order chi connectivity index (χ1) is 10.9. The predicted octanol–water partition coefficient (Wildman–Crippen LogP) is 0.0696. The number of hydrogen-bond acceptors (Lipinski definition) is 8. The van der Waals surface area contributed by atoms with E-state index in [4.69, 9.17) is 14.6 Å². The van der Waals surface area contributed by atoms with Gasteiger partial charge in [0, 0.05) is 26.2 Å². The van der Waals surface area contributed by atoms with E-state index < -0.39 is 0 Å². The van der Waals surface area contributed by atoms with E-state index in [-0.39, 0.29) is 19.2 Å². The number of aromatic nitrogens is 3. The maximum Gasteiger partial charge on any atom is 0.323 e. The smallest absolute Gasteiger partial charge is 0.323 e. The van der Waals surface area contributed by atoms with Gasteiger partial charge in [-0.2, -0.15) is 15.0 Å². The average Bonchev–Trinajstić information content (AvgIpc) is 2.61. The van der Waals surface area contributed by atoms with Gasteiger partial charge < -0.3 is 24.4 Å². The van der Waals surface area contributed by atoms with Gasteiger partial charge in [-0.25, -0.2) is 0 Å². The third kappa shape index (κ3) is 3.75. The number of hydrogen-bond donors (Lipinski definition) is 1. The quantitative estimate of drug-likeness (QED) is 0.818. The molecule has 0 atom stereocenters. The van der Waals surface area contributed by atoms with Crippen LogP contribution in [-0.2, 0) is 4.74 Å². The molecule has 0 radical (unpaired) electrons. The van der Waals surface area contributed by atoms with Gasteiger partial charge in [0.15, 0.2) is 0 Å². The average molecular weight is 309 g/mol. The number of nitrogens with zero attached hydrogens (tertiary/aromatic N) is 5. The maximum atomic E-state index is 8.93. The zero-order valence-electron chi connectivity index (χ0n) is 12.8. The van der Waals surface area contributed by atoms with Crippen molar-refractivity contribution in [3.63, 3.8) is 0 Å². The van der Waals surface area contributed by atoms with E-state index in [1.165, 1.54) is 6.42 Å². The number of morpholine rings is 1. The Hall–Kier alpha value is -1.67. The number of aliphatic hydroxyl groups is 1. The molecule has 2 saturated heterocycles. The molecule has 0 unspecified atom stereocenters. The molecule has 0 aliphatic carbocycles. The second-order valence-corrected chi connectivity index (χ2v) is 5.44. The Kier molecular flexibility index (Phi) is 5.23. The minimum absolute atomic E-state index is 0.0579. The molecule has 22 heavy (non-hydrogen) atoms. The molecule has 3 rings (SSSR count). The lowest BCUT2D eigenvalue weighted by atomic mass is 10.1. The first-order valence-corrected chi connectivity index (χ1v) is 7.94. The lowest BCUT2D eigenvalue weighted by molar-refractivity contribution is 0.121. The zero-order valence-corrected chi connectivity index (χ0v) is 12.8. The Balaban J connectivity index is 1.83. The SMILES string of the molecule is OCCOc1nc(N2CCCCC2)nc(N2CCOCC2)n1. The molecule has 0 aromatic carbocycles. The molecule has 0 bridgehead atoms. The van der Waals surface area contributed by atoms with Crippen molar-refractivity contribution in [2.24, 2.45) is 0 Å². The lowest BCUT2D eigenvalue weighted by Crippen LogP contribution is -2.38. The summed E-state index contributed by atoms with van der Waals surface area (Å²) < 4.78 is 10.8. The topological polar surface area (TPSA) is 83.8 Å². The van der Waals surface area contributed by atoms with Crippen LogP contribution in [0.4, 0.5) is 11.9 Å². The van der Waals surface area contributed by atoms with Gasteiger partial charge in [0.25, 0.3) is 0 Å². The molecule has 0 amide bonds. The summed E-state index contributed by atoms with van der Waals surface area (Å²) in [6.45, 7) is 4.95. The Labute approximate surface area is 130 Å². The normalized spacial score (nSPS) is 19.3. The fourth-order valence-electron chi connectivity index (χ4n) is 2.68. The molecule has 1 aromatic heterocycles. The van der Waals surface area contributed by atoms with Crippen LogP contribution in [0.2, 0.25) is 0 Å². The summed E-state index contributed by atoms with van der Waals surface area (Å²) in [6, 6.07) is 0.283. The summed E-state index contributed by atoms with van der Waals surface area (Å²) in [7, 11) is 0. The highest BCUT2D eigenvalue weighted by molar-refractivity contribution is 5.41. The highest BCUT2D eigenvalue weighted by Crippen LogP contribution is 2.21. The monoisotopic (exact) mass is 309 g/mol. The summed E-state index contributed by atoms with van der Waals surface area (Å²) in [5.41, 5.74) is 0. The molecule has 8 heteroatoms. The van der Waals surface area contributed by atoms with Crippen molar-refractivity contribution in [2.75, 3.05) is 62.4 Å². The molecular formula is C14H23N5O3. The van der Waals surface area contributed by atoms with Gasteiger partial charge in [0.1, 0.15) is 6.61 Å². The van der Waals surface area contributed by atoms with Crippen LogP contribution in [0.25, 0.3) is 0 Å². The zero-order chi connectivity index (χ0) is 15.2. The molecule has 122 valence electrons. The number of piperidine rings is 1. The second-order valence-electron chi connectivity index (χ2n) is 5.44. The summed E-state index contributed by atoms with van der Waals surface area (Å²) in [5, 5.41) is 8.93. The largest absolute Gasteiger partial charge is 0.461 e. The number of aliphatic hydroxyl groups excluding tert-OH is 1. The van der Waals surface area contributed by atoms with Crippen LogP contribution >= 0.6 is 0 Å². The van der Waals surface area contributed by atoms with Crippen molar-refractivity contribution < 1.29 is 14.6 Å². The predicted molar refractivity (Wildman–Crippen MR) is 81.5 cm³/mol. The molecule has 2 aliphatic rings. The van der Waals surface area contributed by atoms with Crippen LogP contribution in [0, 0.1) is 0 Å². The number of anilines is 2. The van der Waals surface area contributed by atoms with Crippen molar-refractivity contribution in [1.29, 1.82) is 0 Å². The van der Waals surface area contributed by atoms with Crippen LogP contribution in [0.3, 0.4) is 0 Å². The molecule has 0 spiro atoms. The van der Waals surface area contributed by atoms with Gasteiger partial charge in [0.05, 0.1) is 19.8 Å². The number of rotatable bonds is 5. The van der Waals surface area contributed by atoms with Crippen LogP contribution in [0.5, 0.6) is 6.01 Å². The molecule has 2 fully saturated rings. The van der Waals surface area contributed by atoms with Crippen molar-refractivity contribution in [2.45, 2.75) is 19.3 Å². The second kappa shape index (κ2) is 7.55. The van der Waals surface area contributed by atoms with Crippen LogP contribution in [0.15, 0.2) is 0 Å². The van der Waals surface area contributed by atoms with Gasteiger partial charge in [-0.15, -0.1) is 0 Å². The Morgan fingerprint density at radius 2 is 1.55 bits per heavy atom. The molecule has 1 N–H and O–H groups in total. The Morgan fingerprint density at radius 3 is 2.18 bits per heavy atom. The summed E-state index contributed by atoms with van der Waals surface area (Å²) in [4.78, 5) is 17.7. The third-order valence-corrected chi connectivity index (χ3v) is 3.85. The molecule has 0 saturated carbocycles. The maximum absolute atomic E-state index is 8.93. The van der Waals surface area contributed by atoms with E-state index >= 15 is 0 Å². The van der Waals surface area contributed by atoms with E-state index in [1.54, 1.807) is 0 Å². The van der Waals surface area contributed by atoms with Crippen molar-refractivity contribution in [3.8, 4) is 6.01 Å². The van der Waals surface area contributed by atoms with E-state index in [1.807, 2.05) is 0 Å².